The van der Waals surface area contributed by atoms with Gasteiger partial charge in [0, 0.05) is 28.3 Å². The molecular weight excluding hydrogens is 490 g/mol. The second-order valence-electron chi connectivity index (χ2n) is 8.16. The van der Waals surface area contributed by atoms with E-state index in [0.717, 1.165) is 11.6 Å². The minimum atomic E-state index is -4.54. The topological polar surface area (TPSA) is 22.1 Å². The zero-order valence-corrected chi connectivity index (χ0v) is 19.4. The first kappa shape index (κ1) is 23.8. The van der Waals surface area contributed by atoms with Crippen molar-refractivity contribution in [2.75, 3.05) is 0 Å². The summed E-state index contributed by atoms with van der Waals surface area (Å²) in [4.78, 5) is 4.23. The molecule has 0 aliphatic heterocycles. The second kappa shape index (κ2) is 9.63. The van der Waals surface area contributed by atoms with Gasteiger partial charge in [0.05, 0.1) is 16.1 Å². The lowest BCUT2D eigenvalue weighted by Gasteiger charge is -2.17. The predicted molar refractivity (Wildman–Crippen MR) is 133 cm³/mol. The molecule has 0 aliphatic carbocycles. The van der Waals surface area contributed by atoms with Gasteiger partial charge in [-0.1, -0.05) is 72.3 Å². The molecule has 5 aromatic rings. The fourth-order valence-electron chi connectivity index (χ4n) is 4.14. The molecule has 0 radical (unpaired) electrons. The molecule has 5 rings (SSSR count). The van der Waals surface area contributed by atoms with Crippen molar-refractivity contribution in [2.24, 2.45) is 0 Å². The van der Waals surface area contributed by atoms with Gasteiger partial charge < -0.3 is 4.74 Å². The Kier molecular flexibility index (Phi) is 6.37. The first-order chi connectivity index (χ1) is 17.3. The first-order valence-electron chi connectivity index (χ1n) is 11.0. The molecule has 7 heteroatoms. The van der Waals surface area contributed by atoms with E-state index < -0.39 is 17.6 Å². The number of rotatable bonds is 5. The number of hydrogen-bond donors (Lipinski definition) is 0. The Hall–Kier alpha value is -3.90. The zero-order chi connectivity index (χ0) is 25.3. The second-order valence-corrected chi connectivity index (χ2v) is 8.57. The lowest BCUT2D eigenvalue weighted by Crippen LogP contribution is -2.07. The maximum absolute atomic E-state index is 13.8. The third kappa shape index (κ3) is 4.77. The average molecular weight is 508 g/mol. The third-order valence-electron chi connectivity index (χ3n) is 5.82. The molecule has 0 unspecified atom stereocenters. The molecule has 0 bridgehead atoms. The van der Waals surface area contributed by atoms with Gasteiger partial charge in [-0.25, -0.2) is 4.39 Å². The normalized spacial score (nSPS) is 11.6. The quantitative estimate of drug-likeness (QED) is 0.221. The van der Waals surface area contributed by atoms with Crippen molar-refractivity contribution in [2.45, 2.75) is 12.8 Å². The highest BCUT2D eigenvalue weighted by molar-refractivity contribution is 6.31. The zero-order valence-electron chi connectivity index (χ0n) is 18.7. The van der Waals surface area contributed by atoms with E-state index >= 15 is 0 Å². The van der Waals surface area contributed by atoms with Crippen LogP contribution < -0.4 is 4.74 Å². The van der Waals surface area contributed by atoms with Gasteiger partial charge in [0.15, 0.2) is 0 Å². The number of pyridine rings is 1. The summed E-state index contributed by atoms with van der Waals surface area (Å²) in [5, 5.41) is 0.627. The number of alkyl halides is 3. The summed E-state index contributed by atoms with van der Waals surface area (Å²) in [6.07, 6.45) is -3.06. The van der Waals surface area contributed by atoms with Crippen LogP contribution in [0.25, 0.3) is 33.2 Å². The van der Waals surface area contributed by atoms with Crippen LogP contribution in [0.5, 0.6) is 5.75 Å². The maximum Gasteiger partial charge on any atom is 0.418 e. The van der Waals surface area contributed by atoms with Gasteiger partial charge in [0.2, 0.25) is 0 Å². The van der Waals surface area contributed by atoms with Crippen LogP contribution >= 0.6 is 11.6 Å². The van der Waals surface area contributed by atoms with Crippen LogP contribution in [0.3, 0.4) is 0 Å². The molecule has 0 saturated heterocycles. The molecule has 180 valence electrons. The van der Waals surface area contributed by atoms with Crippen molar-refractivity contribution in [3.63, 3.8) is 0 Å². The van der Waals surface area contributed by atoms with Crippen molar-refractivity contribution in [1.82, 2.24) is 4.98 Å². The fourth-order valence-corrected chi connectivity index (χ4v) is 4.36. The maximum atomic E-state index is 13.8. The number of benzene rings is 4. The van der Waals surface area contributed by atoms with E-state index in [1.807, 2.05) is 36.4 Å². The highest BCUT2D eigenvalue weighted by Gasteiger charge is 2.33. The minimum Gasteiger partial charge on any atom is -0.489 e. The Labute approximate surface area is 209 Å². The molecule has 1 heterocycles. The van der Waals surface area contributed by atoms with Crippen LogP contribution in [-0.4, -0.2) is 4.98 Å². The SMILES string of the molecule is Fc1ccc(COc2cccc(-c3c(-c4ccccc4)cnc4c(C(F)(F)F)cccc34)c2)c(Cl)c1. The molecular formula is C29H18ClF4NO. The Morgan fingerprint density at radius 2 is 1.56 bits per heavy atom. The Balaban J connectivity index is 1.64. The molecule has 0 spiro atoms. The van der Waals surface area contributed by atoms with E-state index in [0.29, 0.717) is 33.4 Å². The smallest absolute Gasteiger partial charge is 0.418 e. The molecule has 0 saturated carbocycles. The number of ether oxygens (including phenoxy) is 1. The van der Waals surface area contributed by atoms with Crippen molar-refractivity contribution in [1.29, 1.82) is 0 Å². The Morgan fingerprint density at radius 3 is 2.31 bits per heavy atom. The molecule has 1 aromatic heterocycles. The molecule has 4 aromatic carbocycles. The van der Waals surface area contributed by atoms with E-state index in [1.54, 1.807) is 30.3 Å². The highest BCUT2D eigenvalue weighted by atomic mass is 35.5. The Bertz CT molecular complexity index is 1550. The minimum absolute atomic E-state index is 0.101. The summed E-state index contributed by atoms with van der Waals surface area (Å²) >= 11 is 6.11. The fraction of sp³-hybridized carbons (Fsp3) is 0.0690. The Morgan fingerprint density at radius 1 is 0.806 bits per heavy atom. The van der Waals surface area contributed by atoms with Gasteiger partial charge in [-0.05, 0) is 41.5 Å². The molecule has 2 nitrogen and oxygen atoms in total. The van der Waals surface area contributed by atoms with Gasteiger partial charge in [-0.15, -0.1) is 0 Å². The largest absolute Gasteiger partial charge is 0.489 e. The van der Waals surface area contributed by atoms with E-state index in [2.05, 4.69) is 4.98 Å². The summed E-state index contributed by atoms with van der Waals surface area (Å²) < 4.78 is 60.6. The van der Waals surface area contributed by atoms with Crippen LogP contribution in [0.15, 0.2) is 97.2 Å². The molecule has 0 atom stereocenters. The number of hydrogen-bond acceptors (Lipinski definition) is 2. The van der Waals surface area contributed by atoms with Gasteiger partial charge in [0.25, 0.3) is 0 Å². The third-order valence-corrected chi connectivity index (χ3v) is 6.17. The summed E-state index contributed by atoms with van der Waals surface area (Å²) in [6, 6.07) is 24.6. The summed E-state index contributed by atoms with van der Waals surface area (Å²) in [7, 11) is 0. The number of para-hydroxylation sites is 1. The van der Waals surface area contributed by atoms with Gasteiger partial charge in [0.1, 0.15) is 18.2 Å². The van der Waals surface area contributed by atoms with Crippen molar-refractivity contribution < 1.29 is 22.3 Å². The van der Waals surface area contributed by atoms with Crippen molar-refractivity contribution in [3.05, 3.63) is 119 Å². The summed E-state index contributed by atoms with van der Waals surface area (Å²) in [5.74, 6) is 0.0471. The average Bonchev–Trinajstić information content (AvgIpc) is 2.87. The summed E-state index contributed by atoms with van der Waals surface area (Å²) in [6.45, 7) is 0.101. The van der Waals surface area contributed by atoms with Crippen molar-refractivity contribution >= 4 is 22.5 Å². The van der Waals surface area contributed by atoms with Crippen LogP contribution in [0.2, 0.25) is 5.02 Å². The lowest BCUT2D eigenvalue weighted by molar-refractivity contribution is -0.136. The molecule has 0 fully saturated rings. The highest BCUT2D eigenvalue weighted by Crippen LogP contribution is 2.42. The van der Waals surface area contributed by atoms with E-state index in [9.17, 15) is 17.6 Å². The number of fused-ring (bicyclic) bond motifs is 1. The standard InChI is InChI=1S/C29H18ClF4NO/c30-26-15-21(31)13-12-20(26)17-36-22-9-4-8-19(14-22)27-23-10-5-11-25(29(32,33)34)28(23)35-16-24(27)18-6-2-1-3-7-18/h1-16H,17H2. The number of halogens is 5. The van der Waals surface area contributed by atoms with Crippen LogP contribution in [0.1, 0.15) is 11.1 Å². The molecule has 36 heavy (non-hydrogen) atoms. The van der Waals surface area contributed by atoms with Crippen LogP contribution in [0.4, 0.5) is 17.6 Å². The van der Waals surface area contributed by atoms with E-state index in [4.69, 9.17) is 16.3 Å². The lowest BCUT2D eigenvalue weighted by atomic mass is 9.91. The molecule has 0 amide bonds. The first-order valence-corrected chi connectivity index (χ1v) is 11.4. The summed E-state index contributed by atoms with van der Waals surface area (Å²) in [5.41, 5.74) is 2.50. The van der Waals surface area contributed by atoms with Gasteiger partial charge >= 0.3 is 6.18 Å². The van der Waals surface area contributed by atoms with Gasteiger partial charge in [-0.3, -0.25) is 4.98 Å². The predicted octanol–water partition coefficient (Wildman–Crippen LogP) is 8.96. The number of aromatic nitrogens is 1. The molecule has 0 aliphatic rings. The van der Waals surface area contributed by atoms with Crippen LogP contribution in [0, 0.1) is 5.82 Å². The van der Waals surface area contributed by atoms with Gasteiger partial charge in [-0.2, -0.15) is 13.2 Å². The van der Waals surface area contributed by atoms with E-state index in [-0.39, 0.29) is 17.1 Å². The van der Waals surface area contributed by atoms with E-state index in [1.165, 1.54) is 24.4 Å². The number of nitrogens with zero attached hydrogens (tertiary/aromatic N) is 1. The molecule has 0 N–H and O–H groups in total. The van der Waals surface area contributed by atoms with Crippen molar-refractivity contribution in [3.8, 4) is 28.0 Å². The van der Waals surface area contributed by atoms with Crippen LogP contribution in [-0.2, 0) is 12.8 Å². The monoisotopic (exact) mass is 507 g/mol.